The molecule has 3 heterocycles. The van der Waals surface area contributed by atoms with Crippen molar-refractivity contribution in [2.45, 2.75) is 192 Å². The molecular weight excluding hydrogens is 895 g/mol. The summed E-state index contributed by atoms with van der Waals surface area (Å²) >= 11 is 5.50. The average molecular weight is 977 g/mol. The number of nitrogens with one attached hydrogen (secondary N) is 2. The number of likely N-dealkylation sites (N-methyl/N-ethyl adjacent to an activating group) is 1. The van der Waals surface area contributed by atoms with Crippen LogP contribution in [0.3, 0.4) is 0 Å². The number of aliphatic hydroxyl groups is 5. The summed E-state index contributed by atoms with van der Waals surface area (Å²) < 4.78 is 61.6. The van der Waals surface area contributed by atoms with Crippen LogP contribution in [-0.2, 0) is 28.5 Å². The molecule has 18 atom stereocenters. The highest BCUT2D eigenvalue weighted by Crippen LogP contribution is 2.45. The quantitative estimate of drug-likeness (QED) is 0.0825. The van der Waals surface area contributed by atoms with Gasteiger partial charge in [0.15, 0.2) is 11.4 Å². The standard InChI is InChI=1S/C48H82F2N4O12S/c1-14-36-48(10,60)39(56)30(6)54(21-15-20-51-45(67)52-32-16-18-33(19-17-32)64-44(49)50)25-26(2)23-46(8,59)41(66-43-38(55)34(53(11)12)22-27(3)62-43)28(4)37(29(5)42(58)65-36)35-24-47(9,61-13)40(57)31(7)63-35/h16-19,26-31,34-41,43-44,55-57,59-60H,14-15,20-25H2,1-13H3,(H2,51,52,67)/t26-,27-,28+,29-,30-,31+,34+,35?,36-,37+,38-,39-,40+,41-,43+,46-,47-,48-/m1/s1. The van der Waals surface area contributed by atoms with Crippen LogP contribution in [0.5, 0.6) is 5.75 Å². The van der Waals surface area contributed by atoms with Crippen molar-refractivity contribution in [2.75, 3.05) is 46.2 Å². The van der Waals surface area contributed by atoms with Crippen LogP contribution in [0.2, 0.25) is 0 Å². The number of alkyl halides is 2. The summed E-state index contributed by atoms with van der Waals surface area (Å²) in [6, 6.07) is 4.94. The minimum atomic E-state index is -2.94. The molecule has 1 unspecified atom stereocenters. The van der Waals surface area contributed by atoms with Crippen LogP contribution in [0.25, 0.3) is 0 Å². The van der Waals surface area contributed by atoms with Crippen molar-refractivity contribution in [2.24, 2.45) is 23.7 Å². The molecule has 3 aliphatic heterocycles. The maximum Gasteiger partial charge on any atom is 0.387 e. The van der Waals surface area contributed by atoms with E-state index in [-0.39, 0.29) is 43.1 Å². The van der Waals surface area contributed by atoms with E-state index in [0.717, 1.165) is 0 Å². The van der Waals surface area contributed by atoms with Gasteiger partial charge in [-0.25, -0.2) is 0 Å². The Bertz CT molecular complexity index is 1720. The summed E-state index contributed by atoms with van der Waals surface area (Å²) in [5.74, 6) is -3.28. The zero-order chi connectivity index (χ0) is 50.3. The van der Waals surface area contributed by atoms with E-state index in [9.17, 15) is 39.1 Å². The molecule has 3 aliphatic rings. The second-order valence-corrected chi connectivity index (χ2v) is 20.9. The van der Waals surface area contributed by atoms with Gasteiger partial charge in [-0.05, 0) is 130 Å². The minimum Gasteiger partial charge on any atom is -0.459 e. The molecule has 386 valence electrons. The summed E-state index contributed by atoms with van der Waals surface area (Å²) in [5, 5.41) is 66.8. The van der Waals surface area contributed by atoms with E-state index in [1.54, 1.807) is 53.7 Å². The van der Waals surface area contributed by atoms with Crippen LogP contribution in [0, 0.1) is 23.7 Å². The monoisotopic (exact) mass is 977 g/mol. The van der Waals surface area contributed by atoms with Crippen molar-refractivity contribution in [3.8, 4) is 5.75 Å². The molecule has 0 spiro atoms. The third kappa shape index (κ3) is 14.4. The summed E-state index contributed by atoms with van der Waals surface area (Å²) in [5.41, 5.74) is -4.04. The van der Waals surface area contributed by atoms with Gasteiger partial charge in [0, 0.05) is 56.9 Å². The molecular formula is C48H82F2N4O12S. The summed E-state index contributed by atoms with van der Waals surface area (Å²) in [7, 11) is 5.28. The number of carbonyl (C=O) groups excluding carboxylic acids is 1. The van der Waals surface area contributed by atoms with Gasteiger partial charge in [-0.2, -0.15) is 8.78 Å². The number of methoxy groups -OCH3 is 1. The molecule has 67 heavy (non-hydrogen) atoms. The molecule has 19 heteroatoms. The number of hydrogen-bond donors (Lipinski definition) is 7. The number of hydrogen-bond acceptors (Lipinski definition) is 15. The van der Waals surface area contributed by atoms with Crippen molar-refractivity contribution in [3.05, 3.63) is 24.3 Å². The lowest BCUT2D eigenvalue weighted by Gasteiger charge is -2.51. The first-order chi connectivity index (χ1) is 31.2. The Morgan fingerprint density at radius 3 is 2.22 bits per heavy atom. The lowest BCUT2D eigenvalue weighted by molar-refractivity contribution is -0.302. The minimum absolute atomic E-state index is 0.0168. The number of anilines is 1. The van der Waals surface area contributed by atoms with Gasteiger partial charge in [-0.1, -0.05) is 27.7 Å². The second kappa shape index (κ2) is 24.1. The molecule has 0 bridgehead atoms. The first kappa shape index (κ1) is 57.2. The topological polar surface area (TPSA) is 204 Å². The number of thiocarbonyl (C=S) groups is 1. The van der Waals surface area contributed by atoms with Gasteiger partial charge in [-0.15, -0.1) is 0 Å². The molecule has 3 fully saturated rings. The maximum absolute atomic E-state index is 14.7. The SMILES string of the molecule is CC[C@H]1OC(=O)[C@H](C)[C@@H](C2C[C@@](C)(OC)[C@@H](O)[C@H](C)O2)[C@H](C)[C@@H](O[C@@H]2O[C@H](C)C[C@H](N(C)C)[C@H]2O)[C@](C)(O)C[C@@H](C)CN(CCCNC(=S)Nc2ccc(OC(F)F)cc2)[C@H](C)[C@@H](O)[C@]1(C)O. The van der Waals surface area contributed by atoms with Crippen LogP contribution in [0.4, 0.5) is 14.5 Å². The van der Waals surface area contributed by atoms with Crippen LogP contribution < -0.4 is 15.4 Å². The van der Waals surface area contributed by atoms with E-state index in [2.05, 4.69) is 15.4 Å². The van der Waals surface area contributed by atoms with Crippen LogP contribution >= 0.6 is 12.2 Å². The Kier molecular flexibility index (Phi) is 20.6. The zero-order valence-corrected chi connectivity index (χ0v) is 42.7. The molecule has 7 N–H and O–H groups in total. The highest BCUT2D eigenvalue weighted by molar-refractivity contribution is 7.80. The number of rotatable bonds is 13. The highest BCUT2D eigenvalue weighted by Gasteiger charge is 2.55. The fourth-order valence-corrected chi connectivity index (χ4v) is 11.0. The van der Waals surface area contributed by atoms with E-state index in [4.69, 9.17) is 35.9 Å². The van der Waals surface area contributed by atoms with E-state index in [1.165, 1.54) is 26.2 Å². The Morgan fingerprint density at radius 1 is 1.00 bits per heavy atom. The number of nitrogens with zero attached hydrogens (tertiary/aromatic N) is 2. The fraction of sp³-hybridized carbons (Fsp3) is 0.833. The predicted molar refractivity (Wildman–Crippen MR) is 254 cm³/mol. The zero-order valence-electron chi connectivity index (χ0n) is 41.9. The number of halogens is 2. The number of aliphatic hydroxyl groups excluding tert-OH is 3. The van der Waals surface area contributed by atoms with Crippen molar-refractivity contribution >= 4 is 29.0 Å². The number of cyclic esters (lactones) is 1. The molecule has 16 nitrogen and oxygen atoms in total. The van der Waals surface area contributed by atoms with Gasteiger partial charge in [0.25, 0.3) is 0 Å². The molecule has 0 aliphatic carbocycles. The number of esters is 1. The number of carbonyl (C=O) groups is 1. The predicted octanol–water partition coefficient (Wildman–Crippen LogP) is 4.52. The average Bonchev–Trinajstić information content (AvgIpc) is 3.24. The molecule has 3 saturated heterocycles. The Hall–Kier alpha value is -2.40. The first-order valence-corrected chi connectivity index (χ1v) is 24.3. The van der Waals surface area contributed by atoms with Crippen molar-refractivity contribution in [3.63, 3.8) is 0 Å². The van der Waals surface area contributed by atoms with Crippen LogP contribution in [0.15, 0.2) is 24.3 Å². The summed E-state index contributed by atoms with van der Waals surface area (Å²) in [6.45, 7) is 16.0. The van der Waals surface area contributed by atoms with Crippen molar-refractivity contribution in [1.82, 2.24) is 15.1 Å². The molecule has 0 saturated carbocycles. The lowest BCUT2D eigenvalue weighted by atomic mass is 9.68. The van der Waals surface area contributed by atoms with E-state index >= 15 is 0 Å². The normalized spacial score (nSPS) is 41.0. The Balaban J connectivity index is 1.72. The van der Waals surface area contributed by atoms with Gasteiger partial charge in [-0.3, -0.25) is 9.69 Å². The van der Waals surface area contributed by atoms with Crippen molar-refractivity contribution in [1.29, 1.82) is 0 Å². The third-order valence-electron chi connectivity index (χ3n) is 14.6. The Labute approximate surface area is 402 Å². The van der Waals surface area contributed by atoms with Gasteiger partial charge in [0.05, 0.1) is 41.5 Å². The number of benzene rings is 1. The van der Waals surface area contributed by atoms with E-state index in [0.29, 0.717) is 43.3 Å². The lowest BCUT2D eigenvalue weighted by Crippen LogP contribution is -2.61. The molecule has 1 aromatic carbocycles. The highest BCUT2D eigenvalue weighted by atomic mass is 32.1. The molecule has 0 radical (unpaired) electrons. The number of ether oxygens (including phenoxy) is 6. The Morgan fingerprint density at radius 2 is 1.64 bits per heavy atom. The first-order valence-electron chi connectivity index (χ1n) is 23.9. The van der Waals surface area contributed by atoms with Gasteiger partial charge < -0.3 is 69.5 Å². The van der Waals surface area contributed by atoms with Gasteiger partial charge >= 0.3 is 12.6 Å². The van der Waals surface area contributed by atoms with E-state index < -0.39 is 102 Å². The summed E-state index contributed by atoms with van der Waals surface area (Å²) in [4.78, 5) is 18.6. The summed E-state index contributed by atoms with van der Waals surface area (Å²) in [6.07, 6.45) is -6.96. The fourth-order valence-electron chi connectivity index (χ4n) is 10.8. The van der Waals surface area contributed by atoms with Gasteiger partial charge in [0.2, 0.25) is 0 Å². The third-order valence-corrected chi connectivity index (χ3v) is 14.9. The smallest absolute Gasteiger partial charge is 0.387 e. The maximum atomic E-state index is 14.7. The molecule has 0 amide bonds. The van der Waals surface area contributed by atoms with E-state index in [1.807, 2.05) is 44.7 Å². The molecule has 0 aromatic heterocycles. The van der Waals surface area contributed by atoms with Crippen LogP contribution in [0.1, 0.15) is 101 Å². The molecule has 1 aromatic rings. The van der Waals surface area contributed by atoms with Crippen LogP contribution in [-0.4, -0.2) is 178 Å². The second-order valence-electron chi connectivity index (χ2n) is 20.4. The molecule has 4 rings (SSSR count). The largest absolute Gasteiger partial charge is 0.459 e. The van der Waals surface area contributed by atoms with Gasteiger partial charge in [0.1, 0.15) is 35.8 Å². The van der Waals surface area contributed by atoms with Crippen molar-refractivity contribution < 1.29 is 67.5 Å².